The second-order valence-electron chi connectivity index (χ2n) is 5.96. The van der Waals surface area contributed by atoms with Crippen molar-refractivity contribution in [3.63, 3.8) is 0 Å². The monoisotopic (exact) mass is 275 g/mol. The van der Waals surface area contributed by atoms with Crippen LogP contribution in [0, 0.1) is 6.92 Å². The van der Waals surface area contributed by atoms with E-state index >= 15 is 0 Å². The first-order valence-electron chi connectivity index (χ1n) is 8.21. The number of hydrogen-bond donors (Lipinski definition) is 1. The number of hydrogen-bond acceptors (Lipinski definition) is 2. The Morgan fingerprint density at radius 2 is 2.00 bits per heavy atom. The van der Waals surface area contributed by atoms with Crippen molar-refractivity contribution in [2.24, 2.45) is 0 Å². The summed E-state index contributed by atoms with van der Waals surface area (Å²) >= 11 is 0. The molecule has 0 bridgehead atoms. The molecule has 112 valence electrons. The lowest BCUT2D eigenvalue weighted by Crippen LogP contribution is -2.26. The average molecular weight is 275 g/mol. The van der Waals surface area contributed by atoms with E-state index in [0.717, 1.165) is 19.2 Å². The first kappa shape index (κ1) is 15.5. The molecule has 1 N–H and O–H groups in total. The fourth-order valence-corrected chi connectivity index (χ4v) is 2.52. The third-order valence-corrected chi connectivity index (χ3v) is 4.02. The van der Waals surface area contributed by atoms with Gasteiger partial charge in [-0.05, 0) is 37.3 Å². The van der Waals surface area contributed by atoms with Gasteiger partial charge in [0.15, 0.2) is 0 Å². The molecule has 2 rings (SSSR count). The zero-order chi connectivity index (χ0) is 14.2. The fourth-order valence-electron chi connectivity index (χ4n) is 2.52. The Labute approximate surface area is 123 Å². The Balaban J connectivity index is 1.84. The van der Waals surface area contributed by atoms with Crippen molar-refractivity contribution in [2.45, 2.75) is 64.5 Å². The molecule has 0 saturated heterocycles. The Hall–Kier alpha value is -0.860. The van der Waals surface area contributed by atoms with Crippen molar-refractivity contribution >= 4 is 0 Å². The summed E-state index contributed by atoms with van der Waals surface area (Å²) in [4.78, 5) is 0. The lowest BCUT2D eigenvalue weighted by atomic mass is 10.0. The van der Waals surface area contributed by atoms with Gasteiger partial charge in [-0.1, -0.05) is 50.5 Å². The largest absolute Gasteiger partial charge is 0.372 e. The van der Waals surface area contributed by atoms with Crippen LogP contribution in [0.25, 0.3) is 0 Å². The molecule has 0 spiro atoms. The molecule has 20 heavy (non-hydrogen) atoms. The van der Waals surface area contributed by atoms with Gasteiger partial charge < -0.3 is 10.1 Å². The summed E-state index contributed by atoms with van der Waals surface area (Å²) in [5.41, 5.74) is 2.68. The predicted molar refractivity (Wildman–Crippen MR) is 85.0 cm³/mol. The maximum absolute atomic E-state index is 6.17. The number of benzene rings is 1. The van der Waals surface area contributed by atoms with Crippen molar-refractivity contribution < 1.29 is 4.74 Å². The Morgan fingerprint density at radius 1 is 1.20 bits per heavy atom. The number of aryl methyl sites for hydroxylation is 1. The second kappa shape index (κ2) is 8.43. The van der Waals surface area contributed by atoms with Gasteiger partial charge in [0.1, 0.15) is 0 Å². The molecule has 1 aliphatic rings. The SMILES string of the molecule is CCCCCCOC(CNC1CC1)c1ccccc1C. The minimum Gasteiger partial charge on any atom is -0.372 e. The van der Waals surface area contributed by atoms with E-state index < -0.39 is 0 Å². The first-order chi connectivity index (χ1) is 9.81. The summed E-state index contributed by atoms with van der Waals surface area (Å²) in [5.74, 6) is 0. The molecule has 1 atom stereocenters. The van der Waals surface area contributed by atoms with Crippen LogP contribution in [0.4, 0.5) is 0 Å². The van der Waals surface area contributed by atoms with Crippen molar-refractivity contribution in [2.75, 3.05) is 13.2 Å². The molecule has 0 amide bonds. The van der Waals surface area contributed by atoms with Crippen LogP contribution in [-0.2, 0) is 4.74 Å². The highest BCUT2D eigenvalue weighted by Gasteiger charge is 2.23. The van der Waals surface area contributed by atoms with Crippen molar-refractivity contribution in [3.05, 3.63) is 35.4 Å². The summed E-state index contributed by atoms with van der Waals surface area (Å²) < 4.78 is 6.17. The molecule has 1 aromatic rings. The fraction of sp³-hybridized carbons (Fsp3) is 0.667. The topological polar surface area (TPSA) is 21.3 Å². The summed E-state index contributed by atoms with van der Waals surface area (Å²) in [7, 11) is 0. The molecule has 0 aliphatic heterocycles. The molecular weight excluding hydrogens is 246 g/mol. The van der Waals surface area contributed by atoms with Crippen LogP contribution < -0.4 is 5.32 Å². The van der Waals surface area contributed by atoms with Crippen LogP contribution in [0.5, 0.6) is 0 Å². The first-order valence-corrected chi connectivity index (χ1v) is 8.21. The number of nitrogens with one attached hydrogen (secondary N) is 1. The van der Waals surface area contributed by atoms with E-state index in [9.17, 15) is 0 Å². The van der Waals surface area contributed by atoms with E-state index in [1.165, 1.54) is 49.7 Å². The predicted octanol–water partition coefficient (Wildman–Crippen LogP) is 4.39. The van der Waals surface area contributed by atoms with E-state index in [1.54, 1.807) is 0 Å². The molecule has 1 aliphatic carbocycles. The lowest BCUT2D eigenvalue weighted by Gasteiger charge is -2.21. The number of rotatable bonds is 10. The van der Waals surface area contributed by atoms with Gasteiger partial charge in [0.2, 0.25) is 0 Å². The minimum atomic E-state index is 0.207. The standard InChI is InChI=1S/C18H29NO/c1-3-4-5-8-13-20-18(14-19-16-11-12-16)17-10-7-6-9-15(17)2/h6-7,9-10,16,18-19H,3-5,8,11-14H2,1-2H3. The van der Waals surface area contributed by atoms with Crippen LogP contribution in [0.2, 0.25) is 0 Å². The zero-order valence-electron chi connectivity index (χ0n) is 13.0. The molecule has 1 unspecified atom stereocenters. The third-order valence-electron chi connectivity index (χ3n) is 4.02. The quantitative estimate of drug-likeness (QED) is 0.640. The summed E-state index contributed by atoms with van der Waals surface area (Å²) in [5, 5.41) is 3.61. The third kappa shape index (κ3) is 5.26. The summed E-state index contributed by atoms with van der Waals surface area (Å²) in [6.07, 6.45) is 7.93. The Bertz CT molecular complexity index is 387. The van der Waals surface area contributed by atoms with Gasteiger partial charge in [-0.3, -0.25) is 0 Å². The average Bonchev–Trinajstić information content (AvgIpc) is 3.27. The van der Waals surface area contributed by atoms with E-state index in [1.807, 2.05) is 0 Å². The molecule has 2 heteroatoms. The minimum absolute atomic E-state index is 0.207. The maximum atomic E-state index is 6.17. The maximum Gasteiger partial charge on any atom is 0.0951 e. The summed E-state index contributed by atoms with van der Waals surface area (Å²) in [6.45, 7) is 6.26. The highest BCUT2D eigenvalue weighted by atomic mass is 16.5. The molecule has 1 aromatic carbocycles. The zero-order valence-corrected chi connectivity index (χ0v) is 13.0. The lowest BCUT2D eigenvalue weighted by molar-refractivity contribution is 0.0492. The number of unbranched alkanes of at least 4 members (excludes halogenated alkanes) is 3. The molecule has 2 nitrogen and oxygen atoms in total. The van der Waals surface area contributed by atoms with Gasteiger partial charge in [-0.2, -0.15) is 0 Å². The highest BCUT2D eigenvalue weighted by Crippen LogP contribution is 2.24. The van der Waals surface area contributed by atoms with Gasteiger partial charge in [0.25, 0.3) is 0 Å². The van der Waals surface area contributed by atoms with E-state index in [-0.39, 0.29) is 6.10 Å². The molecule has 0 heterocycles. The van der Waals surface area contributed by atoms with Gasteiger partial charge in [-0.25, -0.2) is 0 Å². The Kier molecular flexibility index (Phi) is 6.55. The van der Waals surface area contributed by atoms with Gasteiger partial charge in [0.05, 0.1) is 6.10 Å². The van der Waals surface area contributed by atoms with Gasteiger partial charge in [0, 0.05) is 19.2 Å². The van der Waals surface area contributed by atoms with Crippen LogP contribution in [0.3, 0.4) is 0 Å². The van der Waals surface area contributed by atoms with Crippen LogP contribution >= 0.6 is 0 Å². The Morgan fingerprint density at radius 3 is 2.70 bits per heavy atom. The van der Waals surface area contributed by atoms with Gasteiger partial charge >= 0.3 is 0 Å². The van der Waals surface area contributed by atoms with Crippen LogP contribution in [-0.4, -0.2) is 19.2 Å². The normalized spacial score (nSPS) is 16.3. The number of ether oxygens (including phenoxy) is 1. The smallest absolute Gasteiger partial charge is 0.0951 e. The van der Waals surface area contributed by atoms with Crippen LogP contribution in [0.1, 0.15) is 62.7 Å². The molecule has 1 fully saturated rings. The van der Waals surface area contributed by atoms with Gasteiger partial charge in [-0.15, -0.1) is 0 Å². The highest BCUT2D eigenvalue weighted by molar-refractivity contribution is 5.28. The van der Waals surface area contributed by atoms with Crippen molar-refractivity contribution in [1.82, 2.24) is 5.32 Å². The molecule has 0 radical (unpaired) electrons. The van der Waals surface area contributed by atoms with Crippen LogP contribution in [0.15, 0.2) is 24.3 Å². The van der Waals surface area contributed by atoms with E-state index in [4.69, 9.17) is 4.74 Å². The van der Waals surface area contributed by atoms with E-state index in [0.29, 0.717) is 0 Å². The molecule has 1 saturated carbocycles. The molecule has 0 aromatic heterocycles. The second-order valence-corrected chi connectivity index (χ2v) is 5.96. The molecular formula is C18H29NO. The van der Waals surface area contributed by atoms with E-state index in [2.05, 4.69) is 43.4 Å². The summed E-state index contributed by atoms with van der Waals surface area (Å²) in [6, 6.07) is 9.35. The van der Waals surface area contributed by atoms with Crippen molar-refractivity contribution in [1.29, 1.82) is 0 Å². The van der Waals surface area contributed by atoms with Crippen molar-refractivity contribution in [3.8, 4) is 0 Å².